The van der Waals surface area contributed by atoms with E-state index in [-0.39, 0.29) is 36.8 Å². The van der Waals surface area contributed by atoms with Gasteiger partial charge in [-0.3, -0.25) is 9.78 Å². The fourth-order valence-corrected chi connectivity index (χ4v) is 3.20. The maximum absolute atomic E-state index is 12.7. The van der Waals surface area contributed by atoms with Gasteiger partial charge in [-0.15, -0.1) is 24.8 Å². The number of para-hydroxylation sites is 1. The van der Waals surface area contributed by atoms with E-state index in [2.05, 4.69) is 22.5 Å². The molecule has 2 aromatic rings. The molecule has 0 radical (unpaired) electrons. The van der Waals surface area contributed by atoms with Crippen molar-refractivity contribution in [2.75, 3.05) is 13.1 Å². The zero-order chi connectivity index (χ0) is 15.5. The van der Waals surface area contributed by atoms with E-state index >= 15 is 0 Å². The monoisotopic (exact) mass is 369 g/mol. The van der Waals surface area contributed by atoms with Crippen molar-refractivity contribution < 1.29 is 4.79 Å². The second-order valence-corrected chi connectivity index (χ2v) is 6.20. The molecule has 1 aliphatic heterocycles. The average Bonchev–Trinajstić information content (AvgIpc) is 2.54. The van der Waals surface area contributed by atoms with Crippen LogP contribution in [-0.2, 0) is 0 Å². The summed E-state index contributed by atoms with van der Waals surface area (Å²) in [6, 6.07) is 9.87. The summed E-state index contributed by atoms with van der Waals surface area (Å²) in [5.74, 6) is 0.506. The number of nitrogens with one attached hydrogen (secondary N) is 2. The normalized spacial score (nSPS) is 18.2. The highest BCUT2D eigenvalue weighted by atomic mass is 35.5. The maximum atomic E-state index is 12.7. The van der Waals surface area contributed by atoms with E-state index in [1.54, 1.807) is 0 Å². The van der Waals surface area contributed by atoms with Crippen molar-refractivity contribution >= 4 is 41.6 Å². The SMILES string of the molecule is Cc1cc(C(=O)NC(C)C2CCCNC2)c2ccccc2n1.Cl.Cl. The number of fused-ring (bicyclic) bond motifs is 1. The van der Waals surface area contributed by atoms with E-state index in [0.717, 1.165) is 35.2 Å². The Kier molecular flexibility index (Phi) is 7.94. The molecular weight excluding hydrogens is 345 g/mol. The third-order valence-electron chi connectivity index (χ3n) is 4.49. The molecule has 1 aliphatic rings. The summed E-state index contributed by atoms with van der Waals surface area (Å²) in [5, 5.41) is 7.50. The van der Waals surface area contributed by atoms with Gasteiger partial charge in [-0.25, -0.2) is 0 Å². The highest BCUT2D eigenvalue weighted by molar-refractivity contribution is 6.06. The predicted octanol–water partition coefficient (Wildman–Crippen LogP) is 3.50. The van der Waals surface area contributed by atoms with E-state index in [9.17, 15) is 4.79 Å². The topological polar surface area (TPSA) is 54.0 Å². The molecule has 6 heteroatoms. The minimum absolute atomic E-state index is 0. The fraction of sp³-hybridized carbons (Fsp3) is 0.444. The van der Waals surface area contributed by atoms with Crippen LogP contribution in [0.1, 0.15) is 35.8 Å². The Bertz CT molecular complexity index is 687. The molecule has 24 heavy (non-hydrogen) atoms. The quantitative estimate of drug-likeness (QED) is 0.870. The van der Waals surface area contributed by atoms with Gasteiger partial charge in [0, 0.05) is 17.1 Å². The van der Waals surface area contributed by atoms with Crippen LogP contribution in [0.3, 0.4) is 0 Å². The molecular formula is C18H25Cl2N3O. The Morgan fingerprint density at radius 1 is 1.33 bits per heavy atom. The van der Waals surface area contributed by atoms with E-state index in [4.69, 9.17) is 0 Å². The summed E-state index contributed by atoms with van der Waals surface area (Å²) in [6.07, 6.45) is 2.35. The number of carbonyl (C=O) groups excluding carboxylic acids is 1. The van der Waals surface area contributed by atoms with E-state index in [1.165, 1.54) is 12.8 Å². The standard InChI is InChI=1S/C18H23N3O.2ClH/c1-12-10-16(15-7-3-4-8-17(15)20-12)18(22)21-13(2)14-6-5-9-19-11-14;;/h3-4,7-8,10,13-14,19H,5-6,9,11H2,1-2H3,(H,21,22);2*1H. The molecule has 0 saturated carbocycles. The Morgan fingerprint density at radius 2 is 2.08 bits per heavy atom. The summed E-state index contributed by atoms with van der Waals surface area (Å²) in [4.78, 5) is 17.2. The van der Waals surface area contributed by atoms with Gasteiger partial charge in [-0.05, 0) is 57.8 Å². The molecule has 0 aliphatic carbocycles. The number of pyridine rings is 1. The minimum atomic E-state index is -0.000210. The highest BCUT2D eigenvalue weighted by Gasteiger charge is 2.22. The Hall–Kier alpha value is -1.36. The van der Waals surface area contributed by atoms with Crippen molar-refractivity contribution in [3.05, 3.63) is 41.6 Å². The number of hydrogen-bond acceptors (Lipinski definition) is 3. The van der Waals surface area contributed by atoms with Crippen LogP contribution in [0, 0.1) is 12.8 Å². The van der Waals surface area contributed by atoms with Crippen LogP contribution in [0.5, 0.6) is 0 Å². The average molecular weight is 370 g/mol. The Labute approximate surface area is 155 Å². The van der Waals surface area contributed by atoms with Gasteiger partial charge < -0.3 is 10.6 Å². The van der Waals surface area contributed by atoms with Crippen LogP contribution in [0.4, 0.5) is 0 Å². The van der Waals surface area contributed by atoms with Gasteiger partial charge in [-0.2, -0.15) is 0 Å². The summed E-state index contributed by atoms with van der Waals surface area (Å²) in [7, 11) is 0. The molecule has 3 rings (SSSR count). The van der Waals surface area contributed by atoms with Gasteiger partial charge in [0.1, 0.15) is 0 Å². The van der Waals surface area contributed by atoms with Crippen molar-refractivity contribution in [1.29, 1.82) is 0 Å². The predicted molar refractivity (Wildman–Crippen MR) is 103 cm³/mol. The van der Waals surface area contributed by atoms with Gasteiger partial charge in [0.25, 0.3) is 5.91 Å². The number of aryl methyl sites for hydroxylation is 1. The summed E-state index contributed by atoms with van der Waals surface area (Å²) < 4.78 is 0. The van der Waals surface area contributed by atoms with Gasteiger partial charge in [0.2, 0.25) is 0 Å². The van der Waals surface area contributed by atoms with Gasteiger partial charge >= 0.3 is 0 Å². The zero-order valence-corrected chi connectivity index (χ0v) is 15.7. The highest BCUT2D eigenvalue weighted by Crippen LogP contribution is 2.19. The van der Waals surface area contributed by atoms with Crippen molar-refractivity contribution in [1.82, 2.24) is 15.6 Å². The van der Waals surface area contributed by atoms with E-state index in [0.29, 0.717) is 5.92 Å². The van der Waals surface area contributed by atoms with Crippen LogP contribution in [0.25, 0.3) is 10.9 Å². The number of halogens is 2. The number of benzene rings is 1. The molecule has 0 spiro atoms. The third-order valence-corrected chi connectivity index (χ3v) is 4.49. The fourth-order valence-electron chi connectivity index (χ4n) is 3.20. The lowest BCUT2D eigenvalue weighted by atomic mass is 9.92. The molecule has 1 aromatic carbocycles. The molecule has 2 N–H and O–H groups in total. The lowest BCUT2D eigenvalue weighted by Gasteiger charge is -2.29. The molecule has 1 saturated heterocycles. The second kappa shape index (κ2) is 9.21. The first-order valence-electron chi connectivity index (χ1n) is 8.03. The number of aromatic nitrogens is 1. The van der Waals surface area contributed by atoms with Crippen LogP contribution >= 0.6 is 24.8 Å². The molecule has 1 aromatic heterocycles. The third kappa shape index (κ3) is 4.59. The molecule has 2 atom stereocenters. The number of nitrogens with zero attached hydrogens (tertiary/aromatic N) is 1. The largest absolute Gasteiger partial charge is 0.349 e. The van der Waals surface area contributed by atoms with Crippen molar-refractivity contribution in [3.63, 3.8) is 0 Å². The van der Waals surface area contributed by atoms with Gasteiger partial charge in [-0.1, -0.05) is 18.2 Å². The van der Waals surface area contributed by atoms with Crippen LogP contribution in [0.2, 0.25) is 0 Å². The number of rotatable bonds is 3. The first-order chi connectivity index (χ1) is 10.6. The molecule has 2 heterocycles. The maximum Gasteiger partial charge on any atom is 0.252 e. The van der Waals surface area contributed by atoms with Crippen molar-refractivity contribution in [3.8, 4) is 0 Å². The summed E-state index contributed by atoms with van der Waals surface area (Å²) in [5.41, 5.74) is 2.47. The Balaban J connectivity index is 0.00000144. The minimum Gasteiger partial charge on any atom is -0.349 e. The zero-order valence-electron chi connectivity index (χ0n) is 14.0. The van der Waals surface area contributed by atoms with E-state index in [1.807, 2.05) is 37.3 Å². The first-order valence-corrected chi connectivity index (χ1v) is 8.03. The molecule has 2 unspecified atom stereocenters. The van der Waals surface area contributed by atoms with Crippen molar-refractivity contribution in [2.24, 2.45) is 5.92 Å². The number of piperidine rings is 1. The first kappa shape index (κ1) is 20.7. The molecule has 4 nitrogen and oxygen atoms in total. The molecule has 132 valence electrons. The van der Waals surface area contributed by atoms with Crippen LogP contribution in [-0.4, -0.2) is 30.0 Å². The second-order valence-electron chi connectivity index (χ2n) is 6.20. The number of carbonyl (C=O) groups is 1. The summed E-state index contributed by atoms with van der Waals surface area (Å²) in [6.45, 7) is 6.10. The van der Waals surface area contributed by atoms with Gasteiger partial charge in [0.15, 0.2) is 0 Å². The molecule has 1 amide bonds. The molecule has 0 bridgehead atoms. The smallest absolute Gasteiger partial charge is 0.252 e. The van der Waals surface area contributed by atoms with Crippen LogP contribution in [0.15, 0.2) is 30.3 Å². The van der Waals surface area contributed by atoms with Crippen molar-refractivity contribution in [2.45, 2.75) is 32.7 Å². The van der Waals surface area contributed by atoms with E-state index < -0.39 is 0 Å². The Morgan fingerprint density at radius 3 is 2.79 bits per heavy atom. The number of hydrogen-bond donors (Lipinski definition) is 2. The van der Waals surface area contributed by atoms with Gasteiger partial charge in [0.05, 0.1) is 11.1 Å². The number of amides is 1. The lowest BCUT2D eigenvalue weighted by molar-refractivity contribution is 0.0923. The summed E-state index contributed by atoms with van der Waals surface area (Å²) >= 11 is 0. The molecule has 1 fully saturated rings. The lowest BCUT2D eigenvalue weighted by Crippen LogP contribution is -2.44. The van der Waals surface area contributed by atoms with Crippen LogP contribution < -0.4 is 10.6 Å².